The van der Waals surface area contributed by atoms with Gasteiger partial charge in [0.25, 0.3) is 0 Å². The van der Waals surface area contributed by atoms with Crippen molar-refractivity contribution in [3.63, 3.8) is 0 Å². The van der Waals surface area contributed by atoms with Crippen molar-refractivity contribution in [2.24, 2.45) is 0 Å². The Bertz CT molecular complexity index is 617. The first-order chi connectivity index (χ1) is 8.97. The fourth-order valence-electron chi connectivity index (χ4n) is 1.57. The van der Waals surface area contributed by atoms with E-state index in [9.17, 15) is 13.2 Å². The number of halogens is 4. The second-order valence-corrected chi connectivity index (χ2v) is 4.35. The molecule has 0 bridgehead atoms. The molecule has 0 aliphatic carbocycles. The zero-order valence-electron chi connectivity index (χ0n) is 9.68. The number of benzene rings is 2. The smallest absolute Gasteiger partial charge is 0.143 e. The molecule has 0 aromatic heterocycles. The molecule has 0 amide bonds. The van der Waals surface area contributed by atoms with Gasteiger partial charge < -0.3 is 11.1 Å². The Morgan fingerprint density at radius 1 is 1.05 bits per heavy atom. The van der Waals surface area contributed by atoms with Crippen LogP contribution >= 0.6 is 11.6 Å². The quantitative estimate of drug-likeness (QED) is 0.839. The van der Waals surface area contributed by atoms with Gasteiger partial charge in [-0.1, -0.05) is 17.7 Å². The highest BCUT2D eigenvalue weighted by molar-refractivity contribution is 6.31. The molecular weight excluding hydrogens is 277 g/mol. The zero-order valence-corrected chi connectivity index (χ0v) is 10.4. The number of hydrogen-bond acceptors (Lipinski definition) is 2. The van der Waals surface area contributed by atoms with Crippen LogP contribution in [0.1, 0.15) is 5.56 Å². The Morgan fingerprint density at radius 3 is 2.47 bits per heavy atom. The van der Waals surface area contributed by atoms with Crippen LogP contribution in [0.15, 0.2) is 30.3 Å². The fraction of sp³-hybridized carbons (Fsp3) is 0.0769. The van der Waals surface area contributed by atoms with E-state index in [-0.39, 0.29) is 22.8 Å². The maximum atomic E-state index is 13.4. The van der Waals surface area contributed by atoms with Crippen LogP contribution in [0.4, 0.5) is 24.5 Å². The van der Waals surface area contributed by atoms with Crippen LogP contribution in [0.5, 0.6) is 0 Å². The number of nitrogen functional groups attached to an aromatic ring is 1. The summed E-state index contributed by atoms with van der Waals surface area (Å²) < 4.78 is 39.4. The number of anilines is 2. The molecule has 0 atom stereocenters. The molecule has 0 fully saturated rings. The minimum atomic E-state index is -0.680. The fourth-order valence-corrected chi connectivity index (χ4v) is 1.74. The second-order valence-electron chi connectivity index (χ2n) is 3.94. The molecule has 2 aromatic rings. The Balaban J connectivity index is 2.16. The minimum Gasteiger partial charge on any atom is -0.397 e. The number of nitrogens with one attached hydrogen (secondary N) is 1. The maximum Gasteiger partial charge on any atom is 0.143 e. The summed E-state index contributed by atoms with van der Waals surface area (Å²) in [6, 6.07) is 5.62. The highest BCUT2D eigenvalue weighted by atomic mass is 35.5. The molecule has 0 saturated carbocycles. The van der Waals surface area contributed by atoms with Crippen molar-refractivity contribution >= 4 is 23.0 Å². The Labute approximate surface area is 113 Å². The molecule has 2 rings (SSSR count). The Morgan fingerprint density at radius 2 is 1.79 bits per heavy atom. The summed E-state index contributed by atoms with van der Waals surface area (Å²) in [7, 11) is 0. The molecule has 0 heterocycles. The maximum absolute atomic E-state index is 13.4. The molecule has 0 radical (unpaired) electrons. The van der Waals surface area contributed by atoms with Gasteiger partial charge >= 0.3 is 0 Å². The molecule has 0 aliphatic heterocycles. The molecule has 0 spiro atoms. The van der Waals surface area contributed by atoms with Gasteiger partial charge in [-0.2, -0.15) is 0 Å². The van der Waals surface area contributed by atoms with Crippen LogP contribution in [-0.2, 0) is 6.54 Å². The van der Waals surface area contributed by atoms with Crippen LogP contribution < -0.4 is 11.1 Å². The third-order valence-electron chi connectivity index (χ3n) is 2.58. The highest BCUT2D eigenvalue weighted by Crippen LogP contribution is 2.26. The number of nitrogens with two attached hydrogens (primary N) is 1. The summed E-state index contributed by atoms with van der Waals surface area (Å²) in [4.78, 5) is 0. The van der Waals surface area contributed by atoms with Crippen LogP contribution in [0.3, 0.4) is 0 Å². The lowest BCUT2D eigenvalue weighted by Crippen LogP contribution is -2.05. The Kier molecular flexibility index (Phi) is 3.85. The second kappa shape index (κ2) is 5.40. The van der Waals surface area contributed by atoms with E-state index in [0.717, 1.165) is 18.2 Å². The predicted molar refractivity (Wildman–Crippen MR) is 69.5 cm³/mol. The largest absolute Gasteiger partial charge is 0.397 e. The molecule has 3 N–H and O–H groups in total. The molecule has 6 heteroatoms. The standard InChI is InChI=1S/C13H10ClF3N2/c14-9-4-12(18)13(5-11(9)17)19-6-7-1-2-8(15)3-10(7)16/h1-5,19H,6,18H2. The molecule has 19 heavy (non-hydrogen) atoms. The van der Waals surface area contributed by atoms with Gasteiger partial charge in [0.05, 0.1) is 16.4 Å². The van der Waals surface area contributed by atoms with E-state index < -0.39 is 17.5 Å². The van der Waals surface area contributed by atoms with Crippen LogP contribution in [-0.4, -0.2) is 0 Å². The van der Waals surface area contributed by atoms with Gasteiger partial charge in [-0.3, -0.25) is 0 Å². The number of hydrogen-bond donors (Lipinski definition) is 2. The topological polar surface area (TPSA) is 38.0 Å². The summed E-state index contributed by atoms with van der Waals surface area (Å²) in [5.74, 6) is -1.96. The van der Waals surface area contributed by atoms with Gasteiger partial charge in [-0.25, -0.2) is 13.2 Å². The van der Waals surface area contributed by atoms with Gasteiger partial charge in [-0.05, 0) is 12.1 Å². The average molecular weight is 287 g/mol. The predicted octanol–water partition coefficient (Wildman–Crippen LogP) is 3.95. The monoisotopic (exact) mass is 286 g/mol. The van der Waals surface area contributed by atoms with Gasteiger partial charge in [-0.15, -0.1) is 0 Å². The number of rotatable bonds is 3. The summed E-state index contributed by atoms with van der Waals surface area (Å²) in [6.45, 7) is 0.0530. The van der Waals surface area contributed by atoms with Crippen molar-refractivity contribution in [1.29, 1.82) is 0 Å². The van der Waals surface area contributed by atoms with Crippen molar-refractivity contribution in [1.82, 2.24) is 0 Å². The van der Waals surface area contributed by atoms with Crippen LogP contribution in [0.25, 0.3) is 0 Å². The molecule has 0 unspecified atom stereocenters. The van der Waals surface area contributed by atoms with Crippen LogP contribution in [0, 0.1) is 17.5 Å². The first-order valence-electron chi connectivity index (χ1n) is 5.39. The van der Waals surface area contributed by atoms with Crippen molar-refractivity contribution < 1.29 is 13.2 Å². The van der Waals surface area contributed by atoms with E-state index in [1.165, 1.54) is 12.1 Å². The lowest BCUT2D eigenvalue weighted by molar-refractivity contribution is 0.574. The molecule has 0 aliphatic rings. The SMILES string of the molecule is Nc1cc(Cl)c(F)cc1NCc1ccc(F)cc1F. The normalized spacial score (nSPS) is 10.5. The summed E-state index contributed by atoms with van der Waals surface area (Å²) >= 11 is 5.56. The van der Waals surface area contributed by atoms with E-state index in [0.29, 0.717) is 5.69 Å². The highest BCUT2D eigenvalue weighted by Gasteiger charge is 2.08. The van der Waals surface area contributed by atoms with Crippen molar-refractivity contribution in [2.45, 2.75) is 6.54 Å². The molecule has 0 saturated heterocycles. The minimum absolute atomic E-state index is 0.0530. The molecule has 2 aromatic carbocycles. The zero-order chi connectivity index (χ0) is 14.0. The summed E-state index contributed by atoms with van der Waals surface area (Å²) in [5.41, 5.74) is 6.44. The van der Waals surface area contributed by atoms with E-state index in [1.54, 1.807) is 0 Å². The third-order valence-corrected chi connectivity index (χ3v) is 2.87. The first kappa shape index (κ1) is 13.5. The van der Waals surface area contributed by atoms with E-state index >= 15 is 0 Å². The van der Waals surface area contributed by atoms with Crippen molar-refractivity contribution in [3.05, 3.63) is 58.4 Å². The van der Waals surface area contributed by atoms with E-state index in [1.807, 2.05) is 0 Å². The lowest BCUT2D eigenvalue weighted by atomic mass is 10.2. The first-order valence-corrected chi connectivity index (χ1v) is 5.77. The summed E-state index contributed by atoms with van der Waals surface area (Å²) in [5, 5.41) is 2.68. The van der Waals surface area contributed by atoms with E-state index in [4.69, 9.17) is 17.3 Å². The molecular formula is C13H10ClF3N2. The average Bonchev–Trinajstić information content (AvgIpc) is 2.34. The molecule has 100 valence electrons. The molecule has 2 nitrogen and oxygen atoms in total. The van der Waals surface area contributed by atoms with Crippen LogP contribution in [0.2, 0.25) is 5.02 Å². The van der Waals surface area contributed by atoms with Crippen molar-refractivity contribution in [2.75, 3.05) is 11.1 Å². The van der Waals surface area contributed by atoms with Gasteiger partial charge in [0.1, 0.15) is 17.5 Å². The van der Waals surface area contributed by atoms with E-state index in [2.05, 4.69) is 5.32 Å². The van der Waals surface area contributed by atoms with Gasteiger partial charge in [0, 0.05) is 24.2 Å². The van der Waals surface area contributed by atoms with Gasteiger partial charge in [0.15, 0.2) is 0 Å². The Hall–Kier alpha value is -1.88. The van der Waals surface area contributed by atoms with Gasteiger partial charge in [0.2, 0.25) is 0 Å². The third kappa shape index (κ3) is 3.12. The summed E-state index contributed by atoms with van der Waals surface area (Å²) in [6.07, 6.45) is 0. The van der Waals surface area contributed by atoms with Crippen molar-refractivity contribution in [3.8, 4) is 0 Å². The lowest BCUT2D eigenvalue weighted by Gasteiger charge is -2.11.